The molecule has 0 fully saturated rings. The van der Waals surface area contributed by atoms with Crippen LogP contribution in [-0.4, -0.2) is 26.4 Å². The van der Waals surface area contributed by atoms with E-state index in [9.17, 15) is 0 Å². The molecule has 0 aliphatic heterocycles. The quantitative estimate of drug-likeness (QED) is 0.810. The summed E-state index contributed by atoms with van der Waals surface area (Å²) in [6.45, 7) is 5.15. The third kappa shape index (κ3) is 4.79. The van der Waals surface area contributed by atoms with E-state index in [0.717, 1.165) is 23.3 Å². The van der Waals surface area contributed by atoms with Crippen LogP contribution in [0.5, 0.6) is 5.75 Å². The van der Waals surface area contributed by atoms with Gasteiger partial charge in [-0.25, -0.2) is 0 Å². The van der Waals surface area contributed by atoms with Gasteiger partial charge in [0, 0.05) is 25.7 Å². The maximum Gasteiger partial charge on any atom is 0.120 e. The molecule has 0 amide bonds. The zero-order chi connectivity index (χ0) is 13.4. The molecule has 0 radical (unpaired) electrons. The van der Waals surface area contributed by atoms with Crippen LogP contribution < -0.4 is 10.5 Å². The number of methoxy groups -OCH3 is 1. The Morgan fingerprint density at radius 1 is 1.39 bits per heavy atom. The van der Waals surface area contributed by atoms with E-state index < -0.39 is 0 Å². The molecule has 0 saturated heterocycles. The fourth-order valence-corrected chi connectivity index (χ4v) is 1.57. The zero-order valence-electron chi connectivity index (χ0n) is 11.3. The molecule has 18 heavy (non-hydrogen) atoms. The molecule has 1 aromatic carbocycles. The van der Waals surface area contributed by atoms with Gasteiger partial charge in [-0.3, -0.25) is 0 Å². The molecule has 1 rings (SSSR count). The van der Waals surface area contributed by atoms with Gasteiger partial charge in [0.15, 0.2) is 0 Å². The van der Waals surface area contributed by atoms with Crippen molar-refractivity contribution in [2.45, 2.75) is 26.4 Å². The lowest BCUT2D eigenvalue weighted by Crippen LogP contribution is -2.14. The van der Waals surface area contributed by atoms with E-state index in [1.807, 2.05) is 32.0 Å². The Kier molecular flexibility index (Phi) is 6.27. The molecule has 1 atom stereocenters. The van der Waals surface area contributed by atoms with Crippen molar-refractivity contribution in [3.63, 3.8) is 0 Å². The Labute approximate surface area is 109 Å². The molecule has 0 saturated carbocycles. The van der Waals surface area contributed by atoms with Gasteiger partial charge < -0.3 is 15.2 Å². The molecular weight excluding hydrogens is 226 g/mol. The number of benzene rings is 1. The summed E-state index contributed by atoms with van der Waals surface area (Å²) in [6.07, 6.45) is 1.02. The minimum absolute atomic E-state index is 0.144. The average Bonchev–Trinajstić information content (AvgIpc) is 2.35. The molecule has 0 heterocycles. The highest BCUT2D eigenvalue weighted by molar-refractivity contribution is 5.44. The van der Waals surface area contributed by atoms with Crippen molar-refractivity contribution in [3.8, 4) is 17.6 Å². The van der Waals surface area contributed by atoms with E-state index >= 15 is 0 Å². The summed E-state index contributed by atoms with van der Waals surface area (Å²) in [5.74, 6) is 6.76. The van der Waals surface area contributed by atoms with Crippen LogP contribution in [0.4, 0.5) is 0 Å². The summed E-state index contributed by atoms with van der Waals surface area (Å²) in [5, 5.41) is 0. The van der Waals surface area contributed by atoms with Crippen LogP contribution >= 0.6 is 0 Å². The van der Waals surface area contributed by atoms with E-state index in [4.69, 9.17) is 15.2 Å². The van der Waals surface area contributed by atoms with Gasteiger partial charge >= 0.3 is 0 Å². The topological polar surface area (TPSA) is 44.5 Å². The molecule has 0 aliphatic carbocycles. The highest BCUT2D eigenvalue weighted by Crippen LogP contribution is 2.18. The van der Waals surface area contributed by atoms with E-state index in [0.29, 0.717) is 13.2 Å². The minimum Gasteiger partial charge on any atom is -0.491 e. The Bertz CT molecular complexity index is 432. The number of hydrogen-bond acceptors (Lipinski definition) is 3. The predicted molar refractivity (Wildman–Crippen MR) is 73.7 cm³/mol. The van der Waals surface area contributed by atoms with Crippen molar-refractivity contribution < 1.29 is 9.47 Å². The number of nitrogens with two attached hydrogens (primary N) is 1. The smallest absolute Gasteiger partial charge is 0.120 e. The monoisotopic (exact) mass is 247 g/mol. The highest BCUT2D eigenvalue weighted by atomic mass is 16.5. The lowest BCUT2D eigenvalue weighted by atomic mass is 10.1. The SMILES string of the molecule is COCCC(C)Oc1ccc(C#CCN)c(C)c1. The van der Waals surface area contributed by atoms with Gasteiger partial charge in [-0.05, 0) is 37.6 Å². The van der Waals surface area contributed by atoms with Gasteiger partial charge in [0.1, 0.15) is 5.75 Å². The number of rotatable bonds is 5. The van der Waals surface area contributed by atoms with Crippen molar-refractivity contribution >= 4 is 0 Å². The Balaban J connectivity index is 2.66. The Morgan fingerprint density at radius 3 is 2.78 bits per heavy atom. The molecule has 0 aromatic heterocycles. The number of ether oxygens (including phenoxy) is 2. The lowest BCUT2D eigenvalue weighted by molar-refractivity contribution is 0.135. The van der Waals surface area contributed by atoms with Crippen molar-refractivity contribution in [3.05, 3.63) is 29.3 Å². The highest BCUT2D eigenvalue weighted by Gasteiger charge is 2.05. The average molecular weight is 247 g/mol. The number of hydrogen-bond donors (Lipinski definition) is 1. The minimum atomic E-state index is 0.144. The fourth-order valence-electron chi connectivity index (χ4n) is 1.57. The molecule has 98 valence electrons. The Hall–Kier alpha value is -1.50. The number of aryl methyl sites for hydroxylation is 1. The van der Waals surface area contributed by atoms with Crippen LogP contribution in [-0.2, 0) is 4.74 Å². The maximum atomic E-state index is 5.80. The summed E-state index contributed by atoms with van der Waals surface area (Å²) < 4.78 is 10.8. The van der Waals surface area contributed by atoms with Crippen LogP contribution in [0.25, 0.3) is 0 Å². The van der Waals surface area contributed by atoms with E-state index in [1.54, 1.807) is 7.11 Å². The van der Waals surface area contributed by atoms with Gasteiger partial charge in [0.25, 0.3) is 0 Å². The summed E-state index contributed by atoms with van der Waals surface area (Å²) in [6, 6.07) is 5.91. The Morgan fingerprint density at radius 2 is 2.17 bits per heavy atom. The second kappa shape index (κ2) is 7.75. The molecular formula is C15H21NO2. The molecule has 1 unspecified atom stereocenters. The van der Waals surface area contributed by atoms with E-state index in [2.05, 4.69) is 11.8 Å². The van der Waals surface area contributed by atoms with Crippen molar-refractivity contribution in [1.29, 1.82) is 0 Å². The first-order valence-corrected chi connectivity index (χ1v) is 6.12. The second-order valence-electron chi connectivity index (χ2n) is 4.19. The third-order valence-corrected chi connectivity index (χ3v) is 2.59. The third-order valence-electron chi connectivity index (χ3n) is 2.59. The summed E-state index contributed by atoms with van der Waals surface area (Å²) in [4.78, 5) is 0. The van der Waals surface area contributed by atoms with Crippen LogP contribution in [0.1, 0.15) is 24.5 Å². The van der Waals surface area contributed by atoms with E-state index in [1.165, 1.54) is 0 Å². The molecule has 0 bridgehead atoms. The van der Waals surface area contributed by atoms with Gasteiger partial charge in [0.05, 0.1) is 12.6 Å². The van der Waals surface area contributed by atoms with Crippen molar-refractivity contribution in [1.82, 2.24) is 0 Å². The van der Waals surface area contributed by atoms with E-state index in [-0.39, 0.29) is 6.10 Å². The van der Waals surface area contributed by atoms with Crippen LogP contribution in [0, 0.1) is 18.8 Å². The first-order valence-electron chi connectivity index (χ1n) is 6.12. The van der Waals surface area contributed by atoms with Gasteiger partial charge in [-0.2, -0.15) is 0 Å². The molecule has 0 spiro atoms. The molecule has 1 aromatic rings. The van der Waals surface area contributed by atoms with Crippen LogP contribution in [0.3, 0.4) is 0 Å². The molecule has 0 aliphatic rings. The fraction of sp³-hybridized carbons (Fsp3) is 0.467. The standard InChI is InChI=1S/C15H21NO2/c1-12-11-15(18-13(2)8-10-17-3)7-6-14(12)5-4-9-16/h6-7,11,13H,8-10,16H2,1-3H3. The summed E-state index contributed by atoms with van der Waals surface area (Å²) in [5.41, 5.74) is 7.46. The summed E-state index contributed by atoms with van der Waals surface area (Å²) >= 11 is 0. The second-order valence-corrected chi connectivity index (χ2v) is 4.19. The first-order chi connectivity index (χ1) is 8.67. The van der Waals surface area contributed by atoms with Gasteiger partial charge in [0.2, 0.25) is 0 Å². The molecule has 3 heteroatoms. The van der Waals surface area contributed by atoms with Crippen molar-refractivity contribution in [2.75, 3.05) is 20.3 Å². The maximum absolute atomic E-state index is 5.80. The zero-order valence-corrected chi connectivity index (χ0v) is 11.3. The molecule has 2 N–H and O–H groups in total. The van der Waals surface area contributed by atoms with Crippen molar-refractivity contribution in [2.24, 2.45) is 5.73 Å². The predicted octanol–water partition coefficient (Wildman–Crippen LogP) is 2.11. The van der Waals surface area contributed by atoms with Crippen LogP contribution in [0.2, 0.25) is 0 Å². The first kappa shape index (κ1) is 14.6. The van der Waals surface area contributed by atoms with Gasteiger partial charge in [-0.15, -0.1) is 0 Å². The normalized spacial score (nSPS) is 11.6. The molecule has 3 nitrogen and oxygen atoms in total. The largest absolute Gasteiger partial charge is 0.491 e. The lowest BCUT2D eigenvalue weighted by Gasteiger charge is -2.15. The van der Waals surface area contributed by atoms with Gasteiger partial charge in [-0.1, -0.05) is 11.8 Å². The summed E-state index contributed by atoms with van der Waals surface area (Å²) in [7, 11) is 1.70. The van der Waals surface area contributed by atoms with Crippen LogP contribution in [0.15, 0.2) is 18.2 Å².